The standard InChI is InChI=1S/C28H32F2N12O2/c1-16-10-22(40-39-16)36-25-20-12-34-41(9-8-29)26(20)38-24(37-25)18-4-6-28(44-3,7-5-18)27(43)35-17(2)21-13-32-23(14-31-21)42-15-19(30)11-33-42/h10-15,17-18H,4-9H2,1-3H3,(H,35,43)(H2,36,37,38,39,40)/t17-,18-,28+/m0/s1. The number of halogens is 2. The quantitative estimate of drug-likeness (QED) is 0.214. The van der Waals surface area contributed by atoms with Crippen molar-refractivity contribution >= 4 is 28.6 Å². The first-order valence-corrected chi connectivity index (χ1v) is 14.3. The Morgan fingerprint density at radius 1 is 1.18 bits per heavy atom. The highest BCUT2D eigenvalue weighted by Crippen LogP contribution is 2.40. The van der Waals surface area contributed by atoms with E-state index in [4.69, 9.17) is 14.7 Å². The number of hydrogen-bond acceptors (Lipinski definition) is 10. The molecule has 1 aliphatic carbocycles. The van der Waals surface area contributed by atoms with Crippen LogP contribution >= 0.6 is 0 Å². The van der Waals surface area contributed by atoms with Crippen molar-refractivity contribution in [2.24, 2.45) is 0 Å². The van der Waals surface area contributed by atoms with Gasteiger partial charge in [-0.1, -0.05) is 0 Å². The summed E-state index contributed by atoms with van der Waals surface area (Å²) in [6.45, 7) is 3.20. The average molecular weight is 607 g/mol. The maximum Gasteiger partial charge on any atom is 0.252 e. The van der Waals surface area contributed by atoms with Crippen LogP contribution in [0.2, 0.25) is 0 Å². The minimum atomic E-state index is -1.04. The number of carbonyl (C=O) groups excluding carboxylic acids is 1. The number of alkyl halides is 1. The highest BCUT2D eigenvalue weighted by Gasteiger charge is 2.43. The number of aryl methyl sites for hydroxylation is 2. The van der Waals surface area contributed by atoms with Crippen molar-refractivity contribution in [3.63, 3.8) is 0 Å². The van der Waals surface area contributed by atoms with E-state index in [-0.39, 0.29) is 18.4 Å². The average Bonchev–Trinajstić information content (AvgIpc) is 3.77. The van der Waals surface area contributed by atoms with Crippen molar-refractivity contribution in [2.75, 3.05) is 19.1 Å². The molecule has 5 aromatic rings. The van der Waals surface area contributed by atoms with Crippen LogP contribution in [0, 0.1) is 12.7 Å². The number of carbonyl (C=O) groups is 1. The van der Waals surface area contributed by atoms with E-state index >= 15 is 0 Å². The van der Waals surface area contributed by atoms with Gasteiger partial charge >= 0.3 is 0 Å². The normalized spacial score (nSPS) is 19.2. The first kappa shape index (κ1) is 29.2. The van der Waals surface area contributed by atoms with Crippen LogP contribution in [0.15, 0.2) is 37.1 Å². The summed E-state index contributed by atoms with van der Waals surface area (Å²) in [5.41, 5.74) is 0.908. The molecular formula is C28H32F2N12O2. The number of rotatable bonds is 10. The predicted octanol–water partition coefficient (Wildman–Crippen LogP) is 3.61. The number of aromatic nitrogens is 10. The zero-order chi connectivity index (χ0) is 30.8. The highest BCUT2D eigenvalue weighted by atomic mass is 19.1. The van der Waals surface area contributed by atoms with Crippen LogP contribution in [-0.2, 0) is 16.1 Å². The molecule has 1 saturated carbocycles. The molecule has 1 fully saturated rings. The van der Waals surface area contributed by atoms with Crippen molar-refractivity contribution in [1.82, 2.24) is 55.0 Å². The Bertz CT molecular complexity index is 1760. The number of hydrogen-bond donors (Lipinski definition) is 3. The van der Waals surface area contributed by atoms with Crippen LogP contribution < -0.4 is 10.6 Å². The Morgan fingerprint density at radius 2 is 2.00 bits per heavy atom. The van der Waals surface area contributed by atoms with Crippen molar-refractivity contribution in [3.05, 3.63) is 60.1 Å². The molecule has 3 N–H and O–H groups in total. The van der Waals surface area contributed by atoms with Gasteiger partial charge in [0.2, 0.25) is 0 Å². The number of aromatic amines is 1. The summed E-state index contributed by atoms with van der Waals surface area (Å²) in [6, 6.07) is 1.40. The van der Waals surface area contributed by atoms with Crippen LogP contribution in [0.1, 0.15) is 61.8 Å². The lowest BCUT2D eigenvalue weighted by molar-refractivity contribution is -0.148. The summed E-state index contributed by atoms with van der Waals surface area (Å²) < 4.78 is 35.2. The molecule has 1 amide bonds. The third-order valence-electron chi connectivity index (χ3n) is 7.96. The van der Waals surface area contributed by atoms with E-state index in [0.717, 1.165) is 11.9 Å². The molecule has 0 spiro atoms. The molecule has 6 rings (SSSR count). The van der Waals surface area contributed by atoms with Gasteiger partial charge in [0.15, 0.2) is 23.1 Å². The highest BCUT2D eigenvalue weighted by molar-refractivity contribution is 5.88. The molecule has 0 aliphatic heterocycles. The molecular weight excluding hydrogens is 574 g/mol. The molecule has 0 radical (unpaired) electrons. The lowest BCUT2D eigenvalue weighted by Crippen LogP contribution is -2.51. The first-order valence-electron chi connectivity index (χ1n) is 14.3. The fraction of sp³-hybridized carbons (Fsp3) is 0.429. The van der Waals surface area contributed by atoms with Crippen LogP contribution in [0.5, 0.6) is 0 Å². The van der Waals surface area contributed by atoms with Crippen LogP contribution in [0.25, 0.3) is 16.9 Å². The molecule has 5 heterocycles. The smallest absolute Gasteiger partial charge is 0.252 e. The predicted molar refractivity (Wildman–Crippen MR) is 155 cm³/mol. The molecule has 0 unspecified atom stereocenters. The van der Waals surface area contributed by atoms with Gasteiger partial charge in [-0.3, -0.25) is 14.9 Å². The SMILES string of the molecule is CO[C@]1(C(=O)N[C@@H](C)c2cnc(-n3cc(F)cn3)cn2)CC[C@H](c2nc(Nc3cc(C)[nH]n3)c3cnn(CCF)c3n2)CC1. The van der Waals surface area contributed by atoms with E-state index in [0.29, 0.717) is 65.7 Å². The molecule has 14 nitrogen and oxygen atoms in total. The number of nitrogens with zero attached hydrogens (tertiary/aromatic N) is 9. The van der Waals surface area contributed by atoms with Crippen molar-refractivity contribution in [1.29, 1.82) is 0 Å². The summed E-state index contributed by atoms with van der Waals surface area (Å²) in [4.78, 5) is 31.8. The van der Waals surface area contributed by atoms with Crippen LogP contribution in [0.4, 0.5) is 20.4 Å². The van der Waals surface area contributed by atoms with E-state index < -0.39 is 24.1 Å². The molecule has 16 heteroatoms. The number of methoxy groups -OCH3 is 1. The Morgan fingerprint density at radius 3 is 2.64 bits per heavy atom. The van der Waals surface area contributed by atoms with Crippen molar-refractivity contribution < 1.29 is 18.3 Å². The summed E-state index contributed by atoms with van der Waals surface area (Å²) >= 11 is 0. The number of anilines is 2. The zero-order valence-corrected chi connectivity index (χ0v) is 24.5. The maximum absolute atomic E-state index is 13.5. The van der Waals surface area contributed by atoms with E-state index in [1.807, 2.05) is 19.9 Å². The van der Waals surface area contributed by atoms with Gasteiger partial charge in [-0.25, -0.2) is 33.1 Å². The second-order valence-electron chi connectivity index (χ2n) is 10.9. The van der Waals surface area contributed by atoms with Crippen LogP contribution in [0.3, 0.4) is 0 Å². The Kier molecular flexibility index (Phi) is 7.99. The van der Waals surface area contributed by atoms with Crippen molar-refractivity contribution in [3.8, 4) is 5.82 Å². The fourth-order valence-electron chi connectivity index (χ4n) is 5.46. The summed E-state index contributed by atoms with van der Waals surface area (Å²) in [7, 11) is 1.54. The largest absolute Gasteiger partial charge is 0.368 e. The minimum absolute atomic E-state index is 0.0614. The Labute approximate surface area is 250 Å². The molecule has 44 heavy (non-hydrogen) atoms. The van der Waals surface area contributed by atoms with E-state index in [1.165, 1.54) is 35.1 Å². The van der Waals surface area contributed by atoms with Gasteiger partial charge in [0.05, 0.1) is 54.7 Å². The summed E-state index contributed by atoms with van der Waals surface area (Å²) in [5, 5.41) is 22.3. The third kappa shape index (κ3) is 5.71. The molecule has 230 valence electrons. The van der Waals surface area contributed by atoms with Gasteiger partial charge in [-0.05, 0) is 39.5 Å². The number of fused-ring (bicyclic) bond motifs is 1. The van der Waals surface area contributed by atoms with Gasteiger partial charge < -0.3 is 15.4 Å². The monoisotopic (exact) mass is 606 g/mol. The molecule has 0 saturated heterocycles. The molecule has 5 aromatic heterocycles. The van der Waals surface area contributed by atoms with Gasteiger partial charge in [0, 0.05) is 24.8 Å². The van der Waals surface area contributed by atoms with E-state index in [9.17, 15) is 13.6 Å². The molecule has 1 aliphatic rings. The summed E-state index contributed by atoms with van der Waals surface area (Å²) in [5.74, 6) is 1.27. The maximum atomic E-state index is 13.5. The first-order chi connectivity index (χ1) is 21.3. The molecule has 0 bridgehead atoms. The van der Waals surface area contributed by atoms with E-state index in [1.54, 1.807) is 6.20 Å². The van der Waals surface area contributed by atoms with Gasteiger partial charge in [0.25, 0.3) is 5.91 Å². The molecule has 0 aromatic carbocycles. The topological polar surface area (TPSA) is 166 Å². The van der Waals surface area contributed by atoms with Gasteiger partial charge in [-0.15, -0.1) is 0 Å². The second kappa shape index (κ2) is 12.0. The number of ether oxygens (including phenoxy) is 1. The van der Waals surface area contributed by atoms with Crippen molar-refractivity contribution in [2.45, 2.75) is 63.6 Å². The van der Waals surface area contributed by atoms with Crippen LogP contribution in [-0.4, -0.2) is 75.0 Å². The van der Waals surface area contributed by atoms with E-state index in [2.05, 4.69) is 41.0 Å². The van der Waals surface area contributed by atoms with Gasteiger partial charge in [-0.2, -0.15) is 15.3 Å². The minimum Gasteiger partial charge on any atom is -0.368 e. The Hall–Kier alpha value is -4.86. The van der Waals surface area contributed by atoms with Gasteiger partial charge in [0.1, 0.15) is 23.9 Å². The number of H-pyrrole nitrogens is 1. The summed E-state index contributed by atoms with van der Waals surface area (Å²) in [6.07, 6.45) is 8.95. The Balaban J connectivity index is 1.17. The second-order valence-corrected chi connectivity index (χ2v) is 10.9. The number of nitrogens with one attached hydrogen (secondary N) is 3. The lowest BCUT2D eigenvalue weighted by atomic mass is 9.77. The fourth-order valence-corrected chi connectivity index (χ4v) is 5.46. The zero-order valence-electron chi connectivity index (χ0n) is 24.5. The number of amides is 1. The third-order valence-corrected chi connectivity index (χ3v) is 7.96. The molecule has 1 atom stereocenters. The lowest BCUT2D eigenvalue weighted by Gasteiger charge is -2.38.